The highest BCUT2D eigenvalue weighted by molar-refractivity contribution is 6.32. The van der Waals surface area contributed by atoms with Crippen LogP contribution >= 0.6 is 11.6 Å². The number of esters is 1. The van der Waals surface area contributed by atoms with E-state index in [2.05, 4.69) is 9.72 Å². The third kappa shape index (κ3) is 3.29. The Bertz CT molecular complexity index is 702. The zero-order chi connectivity index (χ0) is 15.4. The molecule has 0 saturated heterocycles. The van der Waals surface area contributed by atoms with Gasteiger partial charge in [0, 0.05) is 6.20 Å². The topological polar surface area (TPSA) is 85.7 Å². The lowest BCUT2D eigenvalue weighted by molar-refractivity contribution is 0.0600. The van der Waals surface area contributed by atoms with Crippen molar-refractivity contribution in [3.8, 4) is 11.6 Å². The summed E-state index contributed by atoms with van der Waals surface area (Å²) in [6, 6.07) is 7.11. The van der Waals surface area contributed by atoms with Crippen LogP contribution in [0, 0.1) is 0 Å². The van der Waals surface area contributed by atoms with Gasteiger partial charge in [-0.25, -0.2) is 14.6 Å². The molecule has 0 radical (unpaired) electrons. The number of nitrogens with zero attached hydrogens (tertiary/aromatic N) is 1. The Labute approximate surface area is 124 Å². The monoisotopic (exact) mass is 307 g/mol. The van der Waals surface area contributed by atoms with Crippen molar-refractivity contribution < 1.29 is 24.2 Å². The predicted molar refractivity (Wildman–Crippen MR) is 74.1 cm³/mol. The average Bonchev–Trinajstić information content (AvgIpc) is 2.48. The molecule has 1 aromatic carbocycles. The van der Waals surface area contributed by atoms with E-state index in [0.29, 0.717) is 0 Å². The van der Waals surface area contributed by atoms with E-state index >= 15 is 0 Å². The van der Waals surface area contributed by atoms with Gasteiger partial charge in [0.2, 0.25) is 5.88 Å². The van der Waals surface area contributed by atoms with Gasteiger partial charge in [-0.3, -0.25) is 0 Å². The van der Waals surface area contributed by atoms with Crippen LogP contribution < -0.4 is 4.74 Å². The Balaban J connectivity index is 2.33. The van der Waals surface area contributed by atoms with E-state index in [1.807, 2.05) is 0 Å². The van der Waals surface area contributed by atoms with Crippen LogP contribution in [-0.2, 0) is 4.74 Å². The van der Waals surface area contributed by atoms with Crippen LogP contribution in [-0.4, -0.2) is 29.1 Å². The second-order valence-electron chi connectivity index (χ2n) is 3.90. The summed E-state index contributed by atoms with van der Waals surface area (Å²) in [6.07, 6.45) is 1.40. The molecule has 0 saturated carbocycles. The van der Waals surface area contributed by atoms with E-state index in [1.54, 1.807) is 0 Å². The second kappa shape index (κ2) is 6.23. The molecule has 1 aromatic heterocycles. The van der Waals surface area contributed by atoms with Crippen LogP contribution in [0.5, 0.6) is 11.6 Å². The number of rotatable bonds is 4. The lowest BCUT2D eigenvalue weighted by Gasteiger charge is -2.09. The third-order valence-electron chi connectivity index (χ3n) is 2.56. The number of aromatic carboxylic acids is 1. The van der Waals surface area contributed by atoms with Gasteiger partial charge >= 0.3 is 11.9 Å². The molecule has 0 aliphatic carbocycles. The Morgan fingerprint density at radius 2 is 2.05 bits per heavy atom. The molecule has 6 nitrogen and oxygen atoms in total. The summed E-state index contributed by atoms with van der Waals surface area (Å²) in [5.74, 6) is -1.60. The van der Waals surface area contributed by atoms with Crippen molar-refractivity contribution in [3.05, 3.63) is 52.7 Å². The van der Waals surface area contributed by atoms with Crippen LogP contribution in [0.25, 0.3) is 0 Å². The van der Waals surface area contributed by atoms with Crippen molar-refractivity contribution in [1.82, 2.24) is 4.98 Å². The minimum absolute atomic E-state index is 0.0854. The number of aromatic nitrogens is 1. The van der Waals surface area contributed by atoms with Crippen LogP contribution in [0.1, 0.15) is 20.7 Å². The maximum Gasteiger partial charge on any atom is 0.341 e. The number of carbonyl (C=O) groups excluding carboxylic acids is 1. The van der Waals surface area contributed by atoms with Gasteiger partial charge in [-0.15, -0.1) is 0 Å². The fourth-order valence-electron chi connectivity index (χ4n) is 1.57. The molecule has 0 spiro atoms. The maximum atomic E-state index is 11.4. The fourth-order valence-corrected chi connectivity index (χ4v) is 1.79. The summed E-state index contributed by atoms with van der Waals surface area (Å²) in [5, 5.41) is 9.19. The number of carboxylic acid groups (broad SMARTS) is 1. The zero-order valence-electron chi connectivity index (χ0n) is 10.9. The second-order valence-corrected chi connectivity index (χ2v) is 4.31. The van der Waals surface area contributed by atoms with Crippen molar-refractivity contribution in [3.63, 3.8) is 0 Å². The molecule has 7 heteroatoms. The molecule has 0 bridgehead atoms. The molecule has 0 amide bonds. The number of halogens is 1. The molecule has 21 heavy (non-hydrogen) atoms. The molecule has 0 aliphatic heterocycles. The van der Waals surface area contributed by atoms with Crippen molar-refractivity contribution in [2.75, 3.05) is 7.11 Å². The van der Waals surface area contributed by atoms with Crippen molar-refractivity contribution in [1.29, 1.82) is 0 Å². The number of carboxylic acids is 1. The summed E-state index contributed by atoms with van der Waals surface area (Å²) in [7, 11) is 1.26. The molecule has 1 heterocycles. The number of ether oxygens (including phenoxy) is 2. The lowest BCUT2D eigenvalue weighted by atomic mass is 10.2. The predicted octanol–water partition coefficient (Wildman–Crippen LogP) is 3.01. The van der Waals surface area contributed by atoms with Gasteiger partial charge in [-0.2, -0.15) is 0 Å². The van der Waals surface area contributed by atoms with E-state index < -0.39 is 11.9 Å². The summed E-state index contributed by atoms with van der Waals surface area (Å²) >= 11 is 6.00. The minimum atomic E-state index is -1.17. The van der Waals surface area contributed by atoms with Gasteiger partial charge in [-0.1, -0.05) is 11.6 Å². The first-order chi connectivity index (χ1) is 10.0. The number of pyridine rings is 1. The van der Waals surface area contributed by atoms with E-state index in [-0.39, 0.29) is 27.8 Å². The van der Waals surface area contributed by atoms with Crippen LogP contribution in [0.2, 0.25) is 5.02 Å². The number of benzene rings is 1. The Morgan fingerprint density at radius 1 is 1.29 bits per heavy atom. The molecule has 1 N–H and O–H groups in total. The third-order valence-corrected chi connectivity index (χ3v) is 2.86. The molecule has 0 aliphatic rings. The van der Waals surface area contributed by atoms with Crippen molar-refractivity contribution >= 4 is 23.5 Å². The number of carbonyl (C=O) groups is 2. The van der Waals surface area contributed by atoms with Gasteiger partial charge in [0.15, 0.2) is 0 Å². The molecule has 0 unspecified atom stereocenters. The summed E-state index contributed by atoms with van der Waals surface area (Å²) in [5.41, 5.74) is 0.167. The van der Waals surface area contributed by atoms with E-state index in [9.17, 15) is 9.59 Å². The molecule has 2 rings (SSSR count). The van der Waals surface area contributed by atoms with Gasteiger partial charge in [0.1, 0.15) is 11.3 Å². The first kappa shape index (κ1) is 14.8. The van der Waals surface area contributed by atoms with Crippen LogP contribution in [0.3, 0.4) is 0 Å². The number of methoxy groups -OCH3 is 1. The van der Waals surface area contributed by atoms with Gasteiger partial charge in [0.05, 0.1) is 17.7 Å². The van der Waals surface area contributed by atoms with Crippen LogP contribution in [0.4, 0.5) is 0 Å². The Kier molecular flexibility index (Phi) is 4.39. The minimum Gasteiger partial charge on any atom is -0.477 e. The molecular weight excluding hydrogens is 298 g/mol. The smallest absolute Gasteiger partial charge is 0.341 e. The zero-order valence-corrected chi connectivity index (χ0v) is 11.6. The summed E-state index contributed by atoms with van der Waals surface area (Å²) in [6.45, 7) is 0. The Morgan fingerprint density at radius 3 is 2.67 bits per heavy atom. The largest absolute Gasteiger partial charge is 0.477 e. The van der Waals surface area contributed by atoms with Crippen molar-refractivity contribution in [2.24, 2.45) is 0 Å². The lowest BCUT2D eigenvalue weighted by Crippen LogP contribution is -2.03. The first-order valence-electron chi connectivity index (χ1n) is 5.77. The molecular formula is C14H10ClNO5. The maximum absolute atomic E-state index is 11.4. The SMILES string of the molecule is COC(=O)c1ccc(Oc2ncccc2C(=O)O)c(Cl)c1. The van der Waals surface area contributed by atoms with Gasteiger partial charge in [0.25, 0.3) is 0 Å². The molecule has 2 aromatic rings. The fraction of sp³-hybridized carbons (Fsp3) is 0.0714. The highest BCUT2D eigenvalue weighted by Crippen LogP contribution is 2.30. The van der Waals surface area contributed by atoms with E-state index in [0.717, 1.165) is 0 Å². The average molecular weight is 308 g/mol. The highest BCUT2D eigenvalue weighted by Gasteiger charge is 2.15. The standard InChI is InChI=1S/C14H10ClNO5/c1-20-14(19)8-4-5-11(10(15)7-8)21-12-9(13(17)18)3-2-6-16-12/h2-7H,1H3,(H,17,18). The first-order valence-corrected chi connectivity index (χ1v) is 6.14. The molecule has 0 fully saturated rings. The van der Waals surface area contributed by atoms with E-state index in [4.69, 9.17) is 21.4 Å². The molecule has 108 valence electrons. The summed E-state index contributed by atoms with van der Waals surface area (Å²) < 4.78 is 9.97. The van der Waals surface area contributed by atoms with Crippen LogP contribution in [0.15, 0.2) is 36.5 Å². The highest BCUT2D eigenvalue weighted by atomic mass is 35.5. The summed E-state index contributed by atoms with van der Waals surface area (Å²) in [4.78, 5) is 26.3. The normalized spacial score (nSPS) is 10.0. The number of hydrogen-bond donors (Lipinski definition) is 1. The van der Waals surface area contributed by atoms with Gasteiger partial charge < -0.3 is 14.6 Å². The molecule has 0 atom stereocenters. The Hall–Kier alpha value is -2.60. The van der Waals surface area contributed by atoms with E-state index in [1.165, 1.54) is 43.6 Å². The quantitative estimate of drug-likeness (QED) is 0.874. The number of hydrogen-bond acceptors (Lipinski definition) is 5. The van der Waals surface area contributed by atoms with Crippen molar-refractivity contribution in [2.45, 2.75) is 0 Å². The van der Waals surface area contributed by atoms with Gasteiger partial charge in [-0.05, 0) is 30.3 Å².